The summed E-state index contributed by atoms with van der Waals surface area (Å²) >= 11 is 0. The van der Waals surface area contributed by atoms with Gasteiger partial charge in [0.1, 0.15) is 11.6 Å². The van der Waals surface area contributed by atoms with Crippen molar-refractivity contribution in [3.8, 4) is 17.6 Å². The van der Waals surface area contributed by atoms with E-state index in [0.29, 0.717) is 17.0 Å². The molecule has 35 heavy (non-hydrogen) atoms. The van der Waals surface area contributed by atoms with Gasteiger partial charge < -0.3 is 9.72 Å². The molecule has 1 N–H and O–H groups in total. The Morgan fingerprint density at radius 3 is 2.43 bits per heavy atom. The number of aryl methyl sites for hydroxylation is 2. The molecule has 0 aliphatic rings. The zero-order chi connectivity index (χ0) is 26.1. The van der Waals surface area contributed by atoms with Crippen LogP contribution in [-0.2, 0) is 12.5 Å². The van der Waals surface area contributed by atoms with E-state index >= 15 is 0 Å². The fraction of sp³-hybridized carbons (Fsp3) is 0.286. The van der Waals surface area contributed by atoms with Crippen molar-refractivity contribution in [2.45, 2.75) is 39.2 Å². The van der Waals surface area contributed by atoms with E-state index < -0.39 is 59.2 Å². The Balaban J connectivity index is 2.20. The fourth-order valence-electron chi connectivity index (χ4n) is 3.11. The van der Waals surface area contributed by atoms with Crippen molar-refractivity contribution in [1.82, 2.24) is 19.5 Å². The van der Waals surface area contributed by atoms with Crippen LogP contribution >= 0.6 is 0 Å². The number of aromatic nitrogens is 4. The molecule has 8 nitrogen and oxygen atoms in total. The minimum Gasteiger partial charge on any atom is -0.449 e. The van der Waals surface area contributed by atoms with Crippen LogP contribution in [0.15, 0.2) is 34.1 Å². The van der Waals surface area contributed by atoms with E-state index in [-0.39, 0.29) is 22.6 Å². The summed E-state index contributed by atoms with van der Waals surface area (Å²) in [6.07, 6.45) is -6.86. The van der Waals surface area contributed by atoms with Crippen molar-refractivity contribution in [1.29, 1.82) is 5.26 Å². The lowest BCUT2D eigenvalue weighted by Crippen LogP contribution is -2.33. The molecule has 0 aliphatic heterocycles. The standard InChI is InChI=1S/C21H15F6N5O3/c1-9-14(18(33)31-10(2)30-9)7-32-8-29-16(21(26,27)20(24)25)15(19(32)34)35-13-4-11(6-28)3-12(5-13)17(22)23/h3-5,8,17,20H,7H2,1-2H3,(H,30,31,33). The number of rotatable bonds is 7. The predicted octanol–water partition coefficient (Wildman–Crippen LogP) is 3.95. The largest absolute Gasteiger partial charge is 0.449 e. The van der Waals surface area contributed by atoms with Gasteiger partial charge in [0.15, 0.2) is 5.69 Å². The van der Waals surface area contributed by atoms with Crippen LogP contribution in [0.4, 0.5) is 26.3 Å². The molecular formula is C21H15F6N5O3. The number of H-pyrrole nitrogens is 1. The third kappa shape index (κ3) is 5.18. The second-order valence-corrected chi connectivity index (χ2v) is 7.30. The average molecular weight is 499 g/mol. The Hall–Kier alpha value is -4.15. The Bertz CT molecular complexity index is 1430. The number of benzene rings is 1. The maximum Gasteiger partial charge on any atom is 0.352 e. The topological polar surface area (TPSA) is 114 Å². The molecule has 1 aromatic carbocycles. The summed E-state index contributed by atoms with van der Waals surface area (Å²) in [7, 11) is 0. The van der Waals surface area contributed by atoms with Gasteiger partial charge in [0.05, 0.1) is 30.1 Å². The third-order valence-electron chi connectivity index (χ3n) is 4.79. The van der Waals surface area contributed by atoms with Gasteiger partial charge in [0.25, 0.3) is 17.5 Å². The monoisotopic (exact) mass is 499 g/mol. The molecule has 14 heteroatoms. The van der Waals surface area contributed by atoms with Crippen LogP contribution < -0.4 is 15.9 Å². The summed E-state index contributed by atoms with van der Waals surface area (Å²) in [4.78, 5) is 35.0. The van der Waals surface area contributed by atoms with Gasteiger partial charge in [-0.1, -0.05) is 0 Å². The quantitative estimate of drug-likeness (QED) is 0.493. The van der Waals surface area contributed by atoms with Gasteiger partial charge in [0, 0.05) is 11.3 Å². The highest BCUT2D eigenvalue weighted by Gasteiger charge is 2.48. The number of alkyl halides is 6. The lowest BCUT2D eigenvalue weighted by atomic mass is 10.1. The van der Waals surface area contributed by atoms with Gasteiger partial charge in [-0.15, -0.1) is 0 Å². The summed E-state index contributed by atoms with van der Waals surface area (Å²) in [5, 5.41) is 9.04. The molecule has 0 spiro atoms. The second-order valence-electron chi connectivity index (χ2n) is 7.30. The molecule has 0 atom stereocenters. The Labute approximate surface area is 192 Å². The van der Waals surface area contributed by atoms with E-state index in [0.717, 1.165) is 12.1 Å². The summed E-state index contributed by atoms with van der Waals surface area (Å²) in [6, 6.07) is 3.87. The summed E-state index contributed by atoms with van der Waals surface area (Å²) in [5.74, 6) is -6.73. The first kappa shape index (κ1) is 25.5. The van der Waals surface area contributed by atoms with Gasteiger partial charge in [-0.3, -0.25) is 14.2 Å². The summed E-state index contributed by atoms with van der Waals surface area (Å²) in [5.41, 5.74) is -4.75. The van der Waals surface area contributed by atoms with E-state index in [4.69, 9.17) is 10.00 Å². The Kier molecular flexibility index (Phi) is 6.99. The molecule has 2 aromatic heterocycles. The lowest BCUT2D eigenvalue weighted by molar-refractivity contribution is -0.139. The third-order valence-corrected chi connectivity index (χ3v) is 4.79. The van der Waals surface area contributed by atoms with Crippen LogP contribution in [0.3, 0.4) is 0 Å². The highest BCUT2D eigenvalue weighted by molar-refractivity contribution is 5.44. The summed E-state index contributed by atoms with van der Waals surface area (Å²) < 4.78 is 86.7. The van der Waals surface area contributed by atoms with Gasteiger partial charge in [0.2, 0.25) is 5.75 Å². The fourth-order valence-corrected chi connectivity index (χ4v) is 3.11. The molecule has 0 bridgehead atoms. The number of nitrogens with one attached hydrogen (secondary N) is 1. The molecule has 3 aromatic rings. The van der Waals surface area contributed by atoms with Gasteiger partial charge in [-0.05, 0) is 32.0 Å². The van der Waals surface area contributed by atoms with E-state index in [1.807, 2.05) is 0 Å². The normalized spacial score (nSPS) is 11.7. The molecule has 0 amide bonds. The minimum atomic E-state index is -4.95. The van der Waals surface area contributed by atoms with Crippen molar-refractivity contribution in [2.24, 2.45) is 0 Å². The average Bonchev–Trinajstić information content (AvgIpc) is 2.77. The summed E-state index contributed by atoms with van der Waals surface area (Å²) in [6.45, 7) is 2.41. The van der Waals surface area contributed by atoms with Crippen molar-refractivity contribution < 1.29 is 31.1 Å². The Morgan fingerprint density at radius 2 is 1.86 bits per heavy atom. The molecule has 0 fully saturated rings. The van der Waals surface area contributed by atoms with Crippen molar-refractivity contribution in [3.63, 3.8) is 0 Å². The zero-order valence-corrected chi connectivity index (χ0v) is 18.0. The van der Waals surface area contributed by atoms with Crippen LogP contribution in [0.2, 0.25) is 0 Å². The highest BCUT2D eigenvalue weighted by Crippen LogP contribution is 2.38. The first-order chi connectivity index (χ1) is 16.3. The van der Waals surface area contributed by atoms with Crippen LogP contribution in [0.25, 0.3) is 0 Å². The van der Waals surface area contributed by atoms with Crippen molar-refractivity contribution in [3.05, 3.63) is 79.1 Å². The lowest BCUT2D eigenvalue weighted by Gasteiger charge is -2.19. The van der Waals surface area contributed by atoms with Crippen LogP contribution in [0, 0.1) is 25.2 Å². The smallest absolute Gasteiger partial charge is 0.352 e. The molecule has 3 rings (SSSR count). The van der Waals surface area contributed by atoms with Crippen LogP contribution in [0.1, 0.15) is 40.3 Å². The molecule has 0 aliphatic carbocycles. The molecule has 0 radical (unpaired) electrons. The first-order valence-electron chi connectivity index (χ1n) is 9.68. The van der Waals surface area contributed by atoms with Gasteiger partial charge >= 0.3 is 12.3 Å². The minimum absolute atomic E-state index is 0.0507. The molecule has 2 heterocycles. The van der Waals surface area contributed by atoms with E-state index in [1.54, 1.807) is 6.07 Å². The van der Waals surface area contributed by atoms with E-state index in [1.165, 1.54) is 13.8 Å². The molecule has 184 valence electrons. The number of hydrogen-bond donors (Lipinski definition) is 1. The van der Waals surface area contributed by atoms with E-state index in [9.17, 15) is 35.9 Å². The van der Waals surface area contributed by atoms with Crippen LogP contribution in [0.5, 0.6) is 11.5 Å². The maximum atomic E-state index is 14.2. The molecule has 0 saturated carbocycles. The predicted molar refractivity (Wildman–Crippen MR) is 108 cm³/mol. The van der Waals surface area contributed by atoms with Crippen molar-refractivity contribution >= 4 is 0 Å². The van der Waals surface area contributed by atoms with Gasteiger partial charge in [-0.2, -0.15) is 14.0 Å². The number of aromatic amines is 1. The van der Waals surface area contributed by atoms with Gasteiger partial charge in [-0.25, -0.2) is 27.5 Å². The molecule has 0 unspecified atom stereocenters. The number of halogens is 6. The number of hydrogen-bond acceptors (Lipinski definition) is 6. The van der Waals surface area contributed by atoms with E-state index in [2.05, 4.69) is 15.0 Å². The highest BCUT2D eigenvalue weighted by atomic mass is 19.3. The zero-order valence-electron chi connectivity index (χ0n) is 18.0. The number of ether oxygens (including phenoxy) is 1. The second kappa shape index (κ2) is 9.61. The molecular weight excluding hydrogens is 484 g/mol. The maximum absolute atomic E-state index is 14.2. The number of nitriles is 1. The van der Waals surface area contributed by atoms with Crippen LogP contribution in [-0.4, -0.2) is 25.9 Å². The first-order valence-corrected chi connectivity index (χ1v) is 9.68. The SMILES string of the molecule is Cc1nc(C)c(Cn2cnc(C(F)(F)C(F)F)c(Oc3cc(C#N)cc(C(F)F)c3)c2=O)c(=O)[nH]1. The van der Waals surface area contributed by atoms with Crippen molar-refractivity contribution in [2.75, 3.05) is 0 Å². The molecule has 0 saturated heterocycles. The Morgan fingerprint density at radius 1 is 1.17 bits per heavy atom. The number of nitrogens with zero attached hydrogens (tertiary/aromatic N) is 4.